The Morgan fingerprint density at radius 3 is 2.40 bits per heavy atom. The third kappa shape index (κ3) is 6.95. The van der Waals surface area contributed by atoms with E-state index < -0.39 is 0 Å². The lowest BCUT2D eigenvalue weighted by Gasteiger charge is -2.18. The van der Waals surface area contributed by atoms with Gasteiger partial charge in [0.25, 0.3) is 0 Å². The summed E-state index contributed by atoms with van der Waals surface area (Å²) in [7, 11) is 0. The molecule has 0 spiro atoms. The minimum Gasteiger partial charge on any atom is -0.492 e. The van der Waals surface area contributed by atoms with Gasteiger partial charge in [0.15, 0.2) is 0 Å². The van der Waals surface area contributed by atoms with Crippen molar-refractivity contribution in [2.75, 3.05) is 19.7 Å². The van der Waals surface area contributed by atoms with E-state index in [9.17, 15) is 0 Å². The number of aryl methyl sites for hydroxylation is 1. The van der Waals surface area contributed by atoms with Gasteiger partial charge in [-0.2, -0.15) is 0 Å². The molecule has 0 amide bonds. The molecule has 2 nitrogen and oxygen atoms in total. The highest BCUT2D eigenvalue weighted by atomic mass is 16.5. The number of hydrogen-bond donors (Lipinski definition) is 1. The molecule has 2 heteroatoms. The molecular weight excluding hydrogens is 246 g/mol. The van der Waals surface area contributed by atoms with Crippen LogP contribution in [0.3, 0.4) is 0 Å². The van der Waals surface area contributed by atoms with Gasteiger partial charge in [-0.05, 0) is 54.5 Å². The fraction of sp³-hybridized carbons (Fsp3) is 0.667. The van der Waals surface area contributed by atoms with Crippen molar-refractivity contribution in [3.8, 4) is 5.75 Å². The van der Waals surface area contributed by atoms with Crippen LogP contribution in [0.2, 0.25) is 0 Å². The summed E-state index contributed by atoms with van der Waals surface area (Å²) >= 11 is 0. The molecule has 1 aromatic rings. The van der Waals surface area contributed by atoms with Gasteiger partial charge < -0.3 is 10.1 Å². The average molecular weight is 277 g/mol. The zero-order chi connectivity index (χ0) is 15.2. The van der Waals surface area contributed by atoms with E-state index >= 15 is 0 Å². The van der Waals surface area contributed by atoms with E-state index in [2.05, 4.69) is 65.1 Å². The summed E-state index contributed by atoms with van der Waals surface area (Å²) in [4.78, 5) is 0. The van der Waals surface area contributed by atoms with Gasteiger partial charge in [-0.3, -0.25) is 0 Å². The Kier molecular flexibility index (Phi) is 6.54. The molecule has 1 N–H and O–H groups in total. The predicted molar refractivity (Wildman–Crippen MR) is 87.7 cm³/mol. The summed E-state index contributed by atoms with van der Waals surface area (Å²) in [5.41, 5.74) is 3.02. The van der Waals surface area contributed by atoms with E-state index in [0.717, 1.165) is 25.4 Å². The fourth-order valence-electron chi connectivity index (χ4n) is 2.02. The highest BCUT2D eigenvalue weighted by Crippen LogP contribution is 2.22. The average Bonchev–Trinajstić information content (AvgIpc) is 2.31. The van der Waals surface area contributed by atoms with E-state index in [4.69, 9.17) is 4.74 Å². The third-order valence-electron chi connectivity index (χ3n) is 3.34. The molecule has 20 heavy (non-hydrogen) atoms. The predicted octanol–water partition coefficient (Wildman–Crippen LogP) is 4.52. The van der Waals surface area contributed by atoms with Crippen LogP contribution >= 0.6 is 0 Å². The van der Waals surface area contributed by atoms with E-state index in [1.165, 1.54) is 17.5 Å². The SMILES string of the molecule is Cc1cc(OCCNCCC(C)(C)C)cc(C(C)C)c1. The number of ether oxygens (including phenoxy) is 1. The van der Waals surface area contributed by atoms with Gasteiger partial charge in [-0.25, -0.2) is 0 Å². The van der Waals surface area contributed by atoms with Crippen molar-refractivity contribution >= 4 is 0 Å². The van der Waals surface area contributed by atoms with Gasteiger partial charge >= 0.3 is 0 Å². The molecule has 0 aliphatic heterocycles. The first-order valence-corrected chi connectivity index (χ1v) is 7.73. The summed E-state index contributed by atoms with van der Waals surface area (Å²) in [5, 5.41) is 3.44. The number of benzene rings is 1. The quantitative estimate of drug-likeness (QED) is 0.740. The fourth-order valence-corrected chi connectivity index (χ4v) is 2.02. The largest absolute Gasteiger partial charge is 0.492 e. The van der Waals surface area contributed by atoms with Crippen LogP contribution in [0.5, 0.6) is 5.75 Å². The van der Waals surface area contributed by atoms with Crippen molar-refractivity contribution in [1.82, 2.24) is 5.32 Å². The molecule has 0 aromatic heterocycles. The van der Waals surface area contributed by atoms with Gasteiger partial charge in [0.1, 0.15) is 12.4 Å². The highest BCUT2D eigenvalue weighted by molar-refractivity contribution is 5.35. The first-order chi connectivity index (χ1) is 9.28. The Morgan fingerprint density at radius 2 is 1.80 bits per heavy atom. The lowest BCUT2D eigenvalue weighted by Crippen LogP contribution is -2.25. The van der Waals surface area contributed by atoms with Crippen molar-refractivity contribution in [2.45, 2.75) is 53.9 Å². The summed E-state index contributed by atoms with van der Waals surface area (Å²) in [6.45, 7) is 16.0. The summed E-state index contributed by atoms with van der Waals surface area (Å²) in [6.07, 6.45) is 1.19. The van der Waals surface area contributed by atoms with Crippen molar-refractivity contribution in [2.24, 2.45) is 5.41 Å². The van der Waals surface area contributed by atoms with Crippen molar-refractivity contribution in [3.05, 3.63) is 29.3 Å². The summed E-state index contributed by atoms with van der Waals surface area (Å²) < 4.78 is 5.85. The molecule has 0 heterocycles. The van der Waals surface area contributed by atoms with E-state index in [0.29, 0.717) is 11.3 Å². The normalized spacial score (nSPS) is 11.9. The Labute approximate surface area is 124 Å². The number of nitrogens with one attached hydrogen (secondary N) is 1. The van der Waals surface area contributed by atoms with Gasteiger partial charge in [0.05, 0.1) is 0 Å². The number of rotatable bonds is 7. The van der Waals surface area contributed by atoms with Crippen LogP contribution < -0.4 is 10.1 Å². The zero-order valence-corrected chi connectivity index (χ0v) is 14.0. The van der Waals surface area contributed by atoms with E-state index in [1.807, 2.05) is 0 Å². The molecular formula is C18H31NO. The molecule has 0 saturated carbocycles. The molecule has 0 aliphatic rings. The Hall–Kier alpha value is -1.02. The molecule has 1 aromatic carbocycles. The third-order valence-corrected chi connectivity index (χ3v) is 3.34. The maximum atomic E-state index is 5.85. The summed E-state index contributed by atoms with van der Waals surface area (Å²) in [6, 6.07) is 6.51. The van der Waals surface area contributed by atoms with Crippen molar-refractivity contribution < 1.29 is 4.74 Å². The monoisotopic (exact) mass is 277 g/mol. The van der Waals surface area contributed by atoms with Crippen molar-refractivity contribution in [3.63, 3.8) is 0 Å². The van der Waals surface area contributed by atoms with Crippen LogP contribution in [0.4, 0.5) is 0 Å². The second-order valence-corrected chi connectivity index (χ2v) is 7.14. The lowest BCUT2D eigenvalue weighted by molar-refractivity contribution is 0.303. The van der Waals surface area contributed by atoms with Gasteiger partial charge in [-0.1, -0.05) is 40.7 Å². The van der Waals surface area contributed by atoms with Crippen LogP contribution in [0.1, 0.15) is 58.1 Å². The molecule has 0 unspecified atom stereocenters. The number of hydrogen-bond acceptors (Lipinski definition) is 2. The topological polar surface area (TPSA) is 21.3 Å². The molecule has 0 atom stereocenters. The van der Waals surface area contributed by atoms with E-state index in [1.54, 1.807) is 0 Å². The Balaban J connectivity index is 2.32. The van der Waals surface area contributed by atoms with Gasteiger partial charge in [-0.15, -0.1) is 0 Å². The molecule has 1 rings (SSSR count). The highest BCUT2D eigenvalue weighted by Gasteiger charge is 2.08. The first kappa shape index (κ1) is 17.0. The van der Waals surface area contributed by atoms with Gasteiger partial charge in [0.2, 0.25) is 0 Å². The lowest BCUT2D eigenvalue weighted by atomic mass is 9.92. The zero-order valence-electron chi connectivity index (χ0n) is 14.0. The smallest absolute Gasteiger partial charge is 0.119 e. The minimum atomic E-state index is 0.399. The first-order valence-electron chi connectivity index (χ1n) is 7.73. The Morgan fingerprint density at radius 1 is 1.10 bits per heavy atom. The molecule has 114 valence electrons. The van der Waals surface area contributed by atoms with Crippen molar-refractivity contribution in [1.29, 1.82) is 0 Å². The minimum absolute atomic E-state index is 0.399. The molecule has 0 aliphatic carbocycles. The second kappa shape index (κ2) is 7.68. The van der Waals surface area contributed by atoms with Crippen LogP contribution in [0, 0.1) is 12.3 Å². The van der Waals surface area contributed by atoms with Crippen LogP contribution in [0.25, 0.3) is 0 Å². The standard InChI is InChI=1S/C18H31NO/c1-14(2)16-11-15(3)12-17(13-16)20-10-9-19-8-7-18(4,5)6/h11-14,19H,7-10H2,1-6H3. The maximum absolute atomic E-state index is 5.85. The molecule has 0 saturated heterocycles. The molecule has 0 fully saturated rings. The Bertz CT molecular complexity index is 404. The van der Waals surface area contributed by atoms with Gasteiger partial charge in [0, 0.05) is 6.54 Å². The molecule has 0 radical (unpaired) electrons. The second-order valence-electron chi connectivity index (χ2n) is 7.14. The maximum Gasteiger partial charge on any atom is 0.119 e. The van der Waals surface area contributed by atoms with Crippen LogP contribution in [0.15, 0.2) is 18.2 Å². The van der Waals surface area contributed by atoms with Crippen LogP contribution in [-0.2, 0) is 0 Å². The van der Waals surface area contributed by atoms with E-state index in [-0.39, 0.29) is 0 Å². The molecule has 0 bridgehead atoms. The summed E-state index contributed by atoms with van der Waals surface area (Å²) in [5.74, 6) is 1.54. The van der Waals surface area contributed by atoms with Crippen LogP contribution in [-0.4, -0.2) is 19.7 Å².